The molecule has 4 heteroatoms. The molecule has 1 amide bonds. The van der Waals surface area contributed by atoms with E-state index in [0.29, 0.717) is 12.8 Å². The van der Waals surface area contributed by atoms with Gasteiger partial charge in [-0.2, -0.15) is 0 Å². The third kappa shape index (κ3) is 6.94. The summed E-state index contributed by atoms with van der Waals surface area (Å²) in [6.45, 7) is 1.89. The monoisotopic (exact) mass is 264 g/mol. The van der Waals surface area contributed by atoms with E-state index in [-0.39, 0.29) is 24.6 Å². The topological polar surface area (TPSA) is 75.4 Å². The van der Waals surface area contributed by atoms with Gasteiger partial charge in [0.1, 0.15) is 0 Å². The first-order chi connectivity index (χ1) is 9.11. The number of amides is 1. The highest BCUT2D eigenvalue weighted by atomic mass is 16.3. The van der Waals surface area contributed by atoms with E-state index in [2.05, 4.69) is 5.32 Å². The van der Waals surface area contributed by atoms with Crippen LogP contribution in [0.5, 0.6) is 0 Å². The summed E-state index contributed by atoms with van der Waals surface area (Å²) in [5, 5.41) is 12.2. The Kier molecular flexibility index (Phi) is 7.15. The number of aliphatic hydroxyl groups is 1. The van der Waals surface area contributed by atoms with Gasteiger partial charge in [0.15, 0.2) is 0 Å². The van der Waals surface area contributed by atoms with Gasteiger partial charge in [-0.05, 0) is 31.7 Å². The lowest BCUT2D eigenvalue weighted by molar-refractivity contribution is -0.122. The van der Waals surface area contributed by atoms with Crippen molar-refractivity contribution in [1.29, 1.82) is 0 Å². The Balaban J connectivity index is 2.33. The van der Waals surface area contributed by atoms with Crippen molar-refractivity contribution in [3.8, 4) is 0 Å². The van der Waals surface area contributed by atoms with Crippen LogP contribution in [0.4, 0.5) is 0 Å². The first-order valence-electron chi connectivity index (χ1n) is 6.81. The van der Waals surface area contributed by atoms with Crippen molar-refractivity contribution in [2.75, 3.05) is 6.61 Å². The molecule has 1 aromatic carbocycles. The molecule has 1 rings (SSSR count). The molecule has 0 aliphatic carbocycles. The van der Waals surface area contributed by atoms with E-state index >= 15 is 0 Å². The van der Waals surface area contributed by atoms with Gasteiger partial charge in [0, 0.05) is 12.5 Å². The van der Waals surface area contributed by atoms with Gasteiger partial charge in [-0.1, -0.05) is 30.3 Å². The van der Waals surface area contributed by atoms with Crippen LogP contribution >= 0.6 is 0 Å². The zero-order valence-corrected chi connectivity index (χ0v) is 11.5. The number of hydrogen-bond donors (Lipinski definition) is 3. The smallest absolute Gasteiger partial charge is 0.220 e. The van der Waals surface area contributed by atoms with Crippen LogP contribution in [0, 0.1) is 0 Å². The molecule has 0 radical (unpaired) electrons. The van der Waals surface area contributed by atoms with Crippen molar-refractivity contribution in [3.63, 3.8) is 0 Å². The maximum Gasteiger partial charge on any atom is 0.220 e. The highest BCUT2D eigenvalue weighted by molar-refractivity contribution is 5.76. The third-order valence-corrected chi connectivity index (χ3v) is 2.97. The maximum atomic E-state index is 11.7. The lowest BCUT2D eigenvalue weighted by Crippen LogP contribution is -2.39. The van der Waals surface area contributed by atoms with Gasteiger partial charge in [-0.25, -0.2) is 0 Å². The van der Waals surface area contributed by atoms with E-state index in [9.17, 15) is 9.90 Å². The second kappa shape index (κ2) is 8.67. The van der Waals surface area contributed by atoms with Crippen molar-refractivity contribution in [1.82, 2.24) is 5.32 Å². The van der Waals surface area contributed by atoms with Crippen LogP contribution in [0.25, 0.3) is 0 Å². The van der Waals surface area contributed by atoms with Crippen molar-refractivity contribution >= 4 is 5.91 Å². The van der Waals surface area contributed by atoms with Gasteiger partial charge < -0.3 is 16.2 Å². The van der Waals surface area contributed by atoms with E-state index in [1.807, 2.05) is 37.3 Å². The Labute approximate surface area is 115 Å². The summed E-state index contributed by atoms with van der Waals surface area (Å²) < 4.78 is 0. The number of benzene rings is 1. The average Bonchev–Trinajstić information content (AvgIpc) is 2.38. The van der Waals surface area contributed by atoms with Gasteiger partial charge in [0.2, 0.25) is 5.91 Å². The van der Waals surface area contributed by atoms with Crippen LogP contribution < -0.4 is 11.1 Å². The largest absolute Gasteiger partial charge is 0.394 e. The van der Waals surface area contributed by atoms with Gasteiger partial charge in [0.05, 0.1) is 12.6 Å². The van der Waals surface area contributed by atoms with Crippen LogP contribution in [-0.2, 0) is 11.2 Å². The molecule has 1 aromatic rings. The molecule has 4 N–H and O–H groups in total. The molecule has 106 valence electrons. The van der Waals surface area contributed by atoms with Crippen molar-refractivity contribution < 1.29 is 9.90 Å². The molecule has 1 unspecified atom stereocenters. The summed E-state index contributed by atoms with van der Waals surface area (Å²) in [6.07, 6.45) is 2.74. The van der Waals surface area contributed by atoms with Crippen LogP contribution in [-0.4, -0.2) is 29.7 Å². The second-order valence-corrected chi connectivity index (χ2v) is 5.01. The average molecular weight is 264 g/mol. The molecule has 4 nitrogen and oxygen atoms in total. The Morgan fingerprint density at radius 1 is 1.37 bits per heavy atom. The Hall–Kier alpha value is -1.39. The second-order valence-electron chi connectivity index (χ2n) is 5.01. The maximum absolute atomic E-state index is 11.7. The summed E-state index contributed by atoms with van der Waals surface area (Å²) in [4.78, 5) is 11.7. The number of carbonyl (C=O) groups excluding carboxylic acids is 1. The van der Waals surface area contributed by atoms with E-state index in [4.69, 9.17) is 5.73 Å². The summed E-state index contributed by atoms with van der Waals surface area (Å²) in [5.41, 5.74) is 6.75. The highest BCUT2D eigenvalue weighted by Gasteiger charge is 2.11. The fourth-order valence-corrected chi connectivity index (χ4v) is 1.94. The van der Waals surface area contributed by atoms with E-state index < -0.39 is 0 Å². The van der Waals surface area contributed by atoms with Crippen LogP contribution in [0.2, 0.25) is 0 Å². The van der Waals surface area contributed by atoms with Crippen LogP contribution in [0.1, 0.15) is 31.7 Å². The Morgan fingerprint density at radius 2 is 2.05 bits per heavy atom. The number of aliphatic hydroxyl groups excluding tert-OH is 1. The molecule has 2 atom stereocenters. The van der Waals surface area contributed by atoms with Gasteiger partial charge >= 0.3 is 0 Å². The summed E-state index contributed by atoms with van der Waals surface area (Å²) in [5.74, 6) is -0.0179. The standard InChI is InChI=1S/C15H24N2O2/c1-12(16)6-5-9-15(19)17-14(11-18)10-13-7-3-2-4-8-13/h2-4,7-8,12,14,18H,5-6,9-11,16H2,1H3,(H,17,19)/t12?,14-/m1/s1. The zero-order valence-electron chi connectivity index (χ0n) is 11.5. The van der Waals surface area contributed by atoms with Crippen LogP contribution in [0.15, 0.2) is 30.3 Å². The first kappa shape index (κ1) is 15.7. The molecule has 19 heavy (non-hydrogen) atoms. The number of nitrogens with one attached hydrogen (secondary N) is 1. The SMILES string of the molecule is CC(N)CCCC(=O)N[C@@H](CO)Cc1ccccc1. The predicted molar refractivity (Wildman–Crippen MR) is 76.7 cm³/mol. The van der Waals surface area contributed by atoms with E-state index in [0.717, 1.165) is 18.4 Å². The molecule has 0 fully saturated rings. The molecule has 0 aliphatic rings. The molecular formula is C15H24N2O2. The minimum absolute atomic E-state index is 0.0179. The predicted octanol–water partition coefficient (Wildman–Crippen LogP) is 1.22. The number of rotatable bonds is 8. The zero-order chi connectivity index (χ0) is 14.1. The van der Waals surface area contributed by atoms with Crippen molar-refractivity contribution in [2.45, 2.75) is 44.7 Å². The summed E-state index contributed by atoms with van der Waals surface area (Å²) in [6, 6.07) is 9.75. The third-order valence-electron chi connectivity index (χ3n) is 2.97. The Bertz CT molecular complexity index is 366. The molecular weight excluding hydrogens is 240 g/mol. The quantitative estimate of drug-likeness (QED) is 0.661. The first-order valence-corrected chi connectivity index (χ1v) is 6.81. The molecule has 0 aromatic heterocycles. The number of carbonyl (C=O) groups is 1. The van der Waals surface area contributed by atoms with Crippen molar-refractivity contribution in [3.05, 3.63) is 35.9 Å². The molecule has 0 bridgehead atoms. The van der Waals surface area contributed by atoms with Gasteiger partial charge in [0.25, 0.3) is 0 Å². The Morgan fingerprint density at radius 3 is 2.63 bits per heavy atom. The summed E-state index contributed by atoms with van der Waals surface area (Å²) >= 11 is 0. The van der Waals surface area contributed by atoms with Crippen molar-refractivity contribution in [2.24, 2.45) is 5.73 Å². The molecule has 0 heterocycles. The number of hydrogen-bond acceptors (Lipinski definition) is 3. The minimum atomic E-state index is -0.217. The lowest BCUT2D eigenvalue weighted by Gasteiger charge is -2.16. The van der Waals surface area contributed by atoms with E-state index in [1.165, 1.54) is 0 Å². The molecule has 0 aliphatic heterocycles. The van der Waals surface area contributed by atoms with Gasteiger partial charge in [-0.15, -0.1) is 0 Å². The fourth-order valence-electron chi connectivity index (χ4n) is 1.94. The normalized spacial score (nSPS) is 13.8. The number of nitrogens with two attached hydrogens (primary N) is 1. The van der Waals surface area contributed by atoms with E-state index in [1.54, 1.807) is 0 Å². The van der Waals surface area contributed by atoms with Gasteiger partial charge in [-0.3, -0.25) is 4.79 Å². The molecule has 0 saturated carbocycles. The van der Waals surface area contributed by atoms with Crippen LogP contribution in [0.3, 0.4) is 0 Å². The fraction of sp³-hybridized carbons (Fsp3) is 0.533. The summed E-state index contributed by atoms with van der Waals surface area (Å²) in [7, 11) is 0. The molecule has 0 saturated heterocycles. The lowest BCUT2D eigenvalue weighted by atomic mass is 10.1. The minimum Gasteiger partial charge on any atom is -0.394 e. The highest BCUT2D eigenvalue weighted by Crippen LogP contribution is 2.04. The molecule has 0 spiro atoms.